The molecule has 3 N–H and O–H groups in total. The van der Waals surface area contributed by atoms with E-state index in [-0.39, 0.29) is 58.5 Å². The number of hydrogen-bond acceptors (Lipinski definition) is 5. The van der Waals surface area contributed by atoms with Gasteiger partial charge in [0.25, 0.3) is 0 Å². The summed E-state index contributed by atoms with van der Waals surface area (Å²) in [5.41, 5.74) is -1.54. The van der Waals surface area contributed by atoms with Crippen LogP contribution in [0.1, 0.15) is 46.0 Å². The van der Waals surface area contributed by atoms with Gasteiger partial charge in [0.1, 0.15) is 12.2 Å². The molecular formula is C21H29NaO5. The summed E-state index contributed by atoms with van der Waals surface area (Å²) >= 11 is 0. The molecule has 0 radical (unpaired) electrons. The van der Waals surface area contributed by atoms with E-state index in [4.69, 9.17) is 0 Å². The van der Waals surface area contributed by atoms with E-state index in [2.05, 4.69) is 6.92 Å². The predicted octanol–water partition coefficient (Wildman–Crippen LogP) is 0.909. The molecule has 4 aliphatic carbocycles. The number of rotatable bonds is 2. The predicted molar refractivity (Wildman–Crippen MR) is 102 cm³/mol. The van der Waals surface area contributed by atoms with Crippen LogP contribution in [0, 0.1) is 28.6 Å². The van der Waals surface area contributed by atoms with Crippen molar-refractivity contribution in [1.82, 2.24) is 0 Å². The van der Waals surface area contributed by atoms with Crippen LogP contribution >= 0.6 is 0 Å². The number of fused-ring (bicyclic) bond motifs is 5. The number of aliphatic hydroxyl groups excluding tert-OH is 2. The van der Waals surface area contributed by atoms with Crippen LogP contribution in [0.2, 0.25) is 0 Å². The first-order valence-electron chi connectivity index (χ1n) is 9.66. The molecule has 144 valence electrons. The zero-order valence-electron chi connectivity index (χ0n) is 15.4. The SMILES string of the molecule is C[C@]12C=CC(=O)C=C1CC[C@@H]1C3CC[C@](O)(C(=O)CO)[C@@]3(C)CC(O)[C@H]12.[NaH]. The van der Waals surface area contributed by atoms with Gasteiger partial charge in [-0.15, -0.1) is 0 Å². The number of aliphatic hydroxyl groups is 3. The van der Waals surface area contributed by atoms with Crippen molar-refractivity contribution in [3.8, 4) is 0 Å². The van der Waals surface area contributed by atoms with Gasteiger partial charge in [0.05, 0.1) is 6.10 Å². The van der Waals surface area contributed by atoms with Crippen LogP contribution in [0.25, 0.3) is 0 Å². The minimum absolute atomic E-state index is 0. The van der Waals surface area contributed by atoms with Gasteiger partial charge in [0.15, 0.2) is 11.6 Å². The molecule has 0 aliphatic heterocycles. The Kier molecular flexibility index (Phi) is 5.46. The van der Waals surface area contributed by atoms with Crippen LogP contribution < -0.4 is 0 Å². The van der Waals surface area contributed by atoms with E-state index in [9.17, 15) is 24.9 Å². The van der Waals surface area contributed by atoms with Crippen molar-refractivity contribution in [3.05, 3.63) is 23.8 Å². The molecule has 3 fully saturated rings. The second kappa shape index (κ2) is 6.89. The first-order valence-corrected chi connectivity index (χ1v) is 9.66. The van der Waals surface area contributed by atoms with E-state index in [1.807, 2.05) is 13.0 Å². The second-order valence-corrected chi connectivity index (χ2v) is 9.19. The van der Waals surface area contributed by atoms with Gasteiger partial charge in [0, 0.05) is 16.7 Å². The first-order chi connectivity index (χ1) is 12.2. The fraction of sp³-hybridized carbons (Fsp3) is 0.714. The Balaban J connectivity index is 0.00000210. The van der Waals surface area contributed by atoms with E-state index >= 15 is 0 Å². The topological polar surface area (TPSA) is 94.8 Å². The number of carbonyl (C=O) groups is 2. The Morgan fingerprint density at radius 2 is 2.00 bits per heavy atom. The summed E-state index contributed by atoms with van der Waals surface area (Å²) in [7, 11) is 0. The third kappa shape index (κ3) is 2.73. The van der Waals surface area contributed by atoms with E-state index in [0.717, 1.165) is 24.8 Å². The maximum atomic E-state index is 12.4. The standard InChI is InChI=1S/C21H28O5.Na.H/c1-19-7-5-13(23)9-12(19)3-4-14-15-6-8-21(26,17(25)11-22)20(15,2)10-16(24)18(14)19;;/h5,7,9,14-16,18,22,24,26H,3-4,6,8,10-11H2,1-2H3;;/t14-,15?,16?,18+,19+,20+,21+;;/m1../s1. The summed E-state index contributed by atoms with van der Waals surface area (Å²) < 4.78 is 0. The Hall–Kier alpha value is -0.300. The van der Waals surface area contributed by atoms with Gasteiger partial charge >= 0.3 is 29.6 Å². The average Bonchev–Trinajstić information content (AvgIpc) is 2.86. The maximum absolute atomic E-state index is 12.4. The van der Waals surface area contributed by atoms with Crippen molar-refractivity contribution in [3.63, 3.8) is 0 Å². The van der Waals surface area contributed by atoms with Gasteiger partial charge in [0.2, 0.25) is 0 Å². The molecule has 2 unspecified atom stereocenters. The Labute approximate surface area is 182 Å². The zero-order chi connectivity index (χ0) is 18.9. The third-order valence-corrected chi connectivity index (χ3v) is 8.25. The van der Waals surface area contributed by atoms with E-state index < -0.39 is 29.5 Å². The van der Waals surface area contributed by atoms with E-state index in [1.165, 1.54) is 0 Å². The summed E-state index contributed by atoms with van der Waals surface area (Å²) in [4.78, 5) is 24.2. The van der Waals surface area contributed by atoms with Crippen molar-refractivity contribution in [1.29, 1.82) is 0 Å². The Morgan fingerprint density at radius 1 is 1.30 bits per heavy atom. The van der Waals surface area contributed by atoms with Crippen LogP contribution in [0.4, 0.5) is 0 Å². The van der Waals surface area contributed by atoms with Crippen LogP contribution in [-0.4, -0.2) is 74.8 Å². The molecule has 3 saturated carbocycles. The number of ketones is 2. The van der Waals surface area contributed by atoms with Crippen LogP contribution in [0.5, 0.6) is 0 Å². The first kappa shape index (κ1) is 21.4. The fourth-order valence-electron chi connectivity index (χ4n) is 6.92. The van der Waals surface area contributed by atoms with Crippen molar-refractivity contribution < 1.29 is 24.9 Å². The molecule has 0 amide bonds. The van der Waals surface area contributed by atoms with Crippen molar-refractivity contribution in [2.45, 2.75) is 57.7 Å². The van der Waals surface area contributed by atoms with Gasteiger partial charge in [-0.1, -0.05) is 25.5 Å². The Bertz CT molecular complexity index is 730. The molecule has 5 nitrogen and oxygen atoms in total. The summed E-state index contributed by atoms with van der Waals surface area (Å²) in [5, 5.41) is 31.7. The molecule has 0 spiro atoms. The minimum atomic E-state index is -1.56. The summed E-state index contributed by atoms with van der Waals surface area (Å²) in [5.74, 6) is -0.227. The normalized spacial score (nSPS) is 48.0. The van der Waals surface area contributed by atoms with Crippen molar-refractivity contribution in [2.75, 3.05) is 6.61 Å². The fourth-order valence-corrected chi connectivity index (χ4v) is 6.92. The average molecular weight is 384 g/mol. The van der Waals surface area contributed by atoms with Gasteiger partial charge in [-0.25, -0.2) is 0 Å². The van der Waals surface area contributed by atoms with Crippen LogP contribution in [0.3, 0.4) is 0 Å². The summed E-state index contributed by atoms with van der Waals surface area (Å²) in [6, 6.07) is 0. The molecule has 0 aromatic carbocycles. The molecular weight excluding hydrogens is 355 g/mol. The summed E-state index contributed by atoms with van der Waals surface area (Å²) in [6.45, 7) is 3.34. The summed E-state index contributed by atoms with van der Waals surface area (Å²) in [6.07, 6.45) is 7.68. The number of carbonyl (C=O) groups excluding carboxylic acids is 2. The number of Topliss-reactive ketones (excluding diaryl/α,β-unsaturated/α-hetero) is 1. The van der Waals surface area contributed by atoms with Crippen molar-refractivity contribution >= 4 is 41.1 Å². The van der Waals surface area contributed by atoms with Crippen LogP contribution in [-0.2, 0) is 9.59 Å². The van der Waals surface area contributed by atoms with Gasteiger partial charge < -0.3 is 15.3 Å². The monoisotopic (exact) mass is 384 g/mol. The number of hydrogen-bond donors (Lipinski definition) is 3. The van der Waals surface area contributed by atoms with Crippen LogP contribution in [0.15, 0.2) is 23.8 Å². The number of allylic oxidation sites excluding steroid dienone is 4. The van der Waals surface area contributed by atoms with E-state index in [0.29, 0.717) is 12.8 Å². The molecule has 0 saturated heterocycles. The molecule has 0 heterocycles. The van der Waals surface area contributed by atoms with Crippen molar-refractivity contribution in [2.24, 2.45) is 28.6 Å². The Morgan fingerprint density at radius 3 is 2.67 bits per heavy atom. The molecule has 0 aromatic rings. The quantitative estimate of drug-likeness (QED) is 0.615. The van der Waals surface area contributed by atoms with Gasteiger partial charge in [-0.2, -0.15) is 0 Å². The molecule has 4 rings (SSSR count). The molecule has 4 aliphatic rings. The third-order valence-electron chi connectivity index (χ3n) is 8.25. The zero-order valence-corrected chi connectivity index (χ0v) is 15.4. The molecule has 0 aromatic heterocycles. The molecule has 6 heteroatoms. The molecule has 27 heavy (non-hydrogen) atoms. The van der Waals surface area contributed by atoms with E-state index in [1.54, 1.807) is 12.2 Å². The molecule has 7 atom stereocenters. The second-order valence-electron chi connectivity index (χ2n) is 9.19. The van der Waals surface area contributed by atoms with Gasteiger partial charge in [-0.05, 0) is 56.1 Å². The van der Waals surface area contributed by atoms with Gasteiger partial charge in [-0.3, -0.25) is 9.59 Å². The molecule has 0 bridgehead atoms.